The summed E-state index contributed by atoms with van der Waals surface area (Å²) in [5, 5.41) is 0. The van der Waals surface area contributed by atoms with Gasteiger partial charge in [0.25, 0.3) is 0 Å². The zero-order valence-electron chi connectivity index (χ0n) is 10.9. The summed E-state index contributed by atoms with van der Waals surface area (Å²) in [7, 11) is 0. The van der Waals surface area contributed by atoms with E-state index < -0.39 is 11.6 Å². The molecule has 2 N–H and O–H groups in total. The summed E-state index contributed by atoms with van der Waals surface area (Å²) in [6.07, 6.45) is 3.83. The fraction of sp³-hybridized carbons (Fsp3) is 0.267. The number of nitrogens with zero attached hydrogens (tertiary/aromatic N) is 2. The Labute approximate surface area is 115 Å². The van der Waals surface area contributed by atoms with Crippen molar-refractivity contribution >= 4 is 5.82 Å². The molecule has 0 unspecified atom stereocenters. The Morgan fingerprint density at radius 3 is 2.80 bits per heavy atom. The second-order valence-corrected chi connectivity index (χ2v) is 4.98. The molecule has 1 aromatic carbocycles. The van der Waals surface area contributed by atoms with Crippen molar-refractivity contribution in [3.05, 3.63) is 48.3 Å². The summed E-state index contributed by atoms with van der Waals surface area (Å²) in [6, 6.07) is 4.03. The van der Waals surface area contributed by atoms with E-state index in [9.17, 15) is 8.78 Å². The summed E-state index contributed by atoms with van der Waals surface area (Å²) in [4.78, 5) is 4.45. The number of rotatable bonds is 4. The van der Waals surface area contributed by atoms with Crippen LogP contribution in [0.25, 0.3) is 11.3 Å². The smallest absolute Gasteiger partial charge is 0.168 e. The van der Waals surface area contributed by atoms with Crippen LogP contribution in [0.3, 0.4) is 0 Å². The molecule has 1 aliphatic carbocycles. The zero-order chi connectivity index (χ0) is 14.3. The van der Waals surface area contributed by atoms with Crippen LogP contribution in [0.15, 0.2) is 30.9 Å². The van der Waals surface area contributed by atoms with Crippen molar-refractivity contribution < 1.29 is 8.78 Å². The van der Waals surface area contributed by atoms with Gasteiger partial charge in [-0.15, -0.1) is 6.58 Å². The molecule has 1 aromatic heterocycles. The van der Waals surface area contributed by atoms with Crippen molar-refractivity contribution in [3.8, 4) is 11.3 Å². The largest absolute Gasteiger partial charge is 0.383 e. The molecule has 3 nitrogen and oxygen atoms in total. The lowest BCUT2D eigenvalue weighted by Gasteiger charge is -2.06. The van der Waals surface area contributed by atoms with E-state index in [0.29, 0.717) is 24.0 Å². The SMILES string of the molecule is C=CCn1c(C2CC2)nc(-c2cccc(F)c2F)c1N. The van der Waals surface area contributed by atoms with Gasteiger partial charge in [-0.05, 0) is 25.0 Å². The Kier molecular flexibility index (Phi) is 3.04. The lowest BCUT2D eigenvalue weighted by molar-refractivity contribution is 0.511. The number of hydrogen-bond donors (Lipinski definition) is 1. The number of anilines is 1. The summed E-state index contributed by atoms with van der Waals surface area (Å²) < 4.78 is 29.1. The van der Waals surface area contributed by atoms with E-state index in [2.05, 4.69) is 11.6 Å². The van der Waals surface area contributed by atoms with Crippen LogP contribution in [0, 0.1) is 11.6 Å². The first-order chi connectivity index (χ1) is 9.63. The van der Waals surface area contributed by atoms with Gasteiger partial charge in [-0.1, -0.05) is 12.1 Å². The standard InChI is InChI=1S/C15H15F2N3/c1-2-8-20-14(18)13(19-15(20)9-6-7-9)10-4-3-5-11(16)12(10)17/h2-5,9H,1,6-8,18H2. The van der Waals surface area contributed by atoms with Gasteiger partial charge in [-0.3, -0.25) is 0 Å². The van der Waals surface area contributed by atoms with Crippen LogP contribution in [0.5, 0.6) is 0 Å². The summed E-state index contributed by atoms with van der Waals surface area (Å²) in [5.74, 6) is -0.252. The minimum absolute atomic E-state index is 0.104. The third kappa shape index (κ3) is 1.99. The fourth-order valence-corrected chi connectivity index (χ4v) is 2.34. The molecule has 1 aliphatic rings. The van der Waals surface area contributed by atoms with Gasteiger partial charge in [-0.2, -0.15) is 0 Å². The highest BCUT2D eigenvalue weighted by atomic mass is 19.2. The van der Waals surface area contributed by atoms with Crippen LogP contribution in [0.1, 0.15) is 24.6 Å². The van der Waals surface area contributed by atoms with Gasteiger partial charge in [0.15, 0.2) is 11.6 Å². The Balaban J connectivity index is 2.16. The van der Waals surface area contributed by atoms with Crippen LogP contribution in [0.4, 0.5) is 14.6 Å². The number of halogens is 2. The van der Waals surface area contributed by atoms with Crippen molar-refractivity contribution in [2.24, 2.45) is 0 Å². The number of hydrogen-bond acceptors (Lipinski definition) is 2. The van der Waals surface area contributed by atoms with Gasteiger partial charge >= 0.3 is 0 Å². The average Bonchev–Trinajstić information content (AvgIpc) is 3.22. The highest BCUT2D eigenvalue weighted by molar-refractivity contribution is 5.72. The highest BCUT2D eigenvalue weighted by Crippen LogP contribution is 2.42. The van der Waals surface area contributed by atoms with E-state index >= 15 is 0 Å². The van der Waals surface area contributed by atoms with Crippen LogP contribution in [-0.4, -0.2) is 9.55 Å². The predicted octanol–water partition coefficient (Wildman–Crippen LogP) is 3.47. The van der Waals surface area contributed by atoms with E-state index in [4.69, 9.17) is 5.73 Å². The van der Waals surface area contributed by atoms with Crippen molar-refractivity contribution in [1.82, 2.24) is 9.55 Å². The molecule has 0 saturated heterocycles. The molecular weight excluding hydrogens is 260 g/mol. The quantitative estimate of drug-likeness (QED) is 0.868. The zero-order valence-corrected chi connectivity index (χ0v) is 10.9. The molecule has 1 fully saturated rings. The molecule has 0 bridgehead atoms. The van der Waals surface area contributed by atoms with Gasteiger partial charge < -0.3 is 10.3 Å². The van der Waals surface area contributed by atoms with Crippen LogP contribution in [0.2, 0.25) is 0 Å². The number of benzene rings is 1. The normalized spacial score (nSPS) is 14.5. The number of nitrogen functional groups attached to an aromatic ring is 1. The highest BCUT2D eigenvalue weighted by Gasteiger charge is 2.31. The molecule has 104 valence electrons. The molecule has 3 rings (SSSR count). The van der Waals surface area contributed by atoms with Crippen molar-refractivity contribution in [2.45, 2.75) is 25.3 Å². The maximum absolute atomic E-state index is 13.9. The Bertz CT molecular complexity index is 672. The van der Waals surface area contributed by atoms with Crippen LogP contribution >= 0.6 is 0 Å². The maximum atomic E-state index is 13.9. The minimum atomic E-state index is -0.912. The molecule has 1 saturated carbocycles. The summed E-state index contributed by atoms with van der Waals surface area (Å²) in [6.45, 7) is 4.21. The lowest BCUT2D eigenvalue weighted by atomic mass is 10.1. The lowest BCUT2D eigenvalue weighted by Crippen LogP contribution is -2.05. The molecule has 2 aromatic rings. The molecule has 20 heavy (non-hydrogen) atoms. The van der Waals surface area contributed by atoms with E-state index in [1.165, 1.54) is 12.1 Å². The second-order valence-electron chi connectivity index (χ2n) is 4.98. The average molecular weight is 275 g/mol. The fourth-order valence-electron chi connectivity index (χ4n) is 2.34. The molecule has 0 amide bonds. The van der Waals surface area contributed by atoms with E-state index in [-0.39, 0.29) is 5.56 Å². The predicted molar refractivity (Wildman–Crippen MR) is 74.2 cm³/mol. The van der Waals surface area contributed by atoms with Crippen LogP contribution in [-0.2, 0) is 6.54 Å². The van der Waals surface area contributed by atoms with E-state index in [1.807, 2.05) is 4.57 Å². The molecule has 0 atom stereocenters. The number of aromatic nitrogens is 2. The first-order valence-corrected chi connectivity index (χ1v) is 6.54. The van der Waals surface area contributed by atoms with Crippen molar-refractivity contribution in [3.63, 3.8) is 0 Å². The topological polar surface area (TPSA) is 43.8 Å². The van der Waals surface area contributed by atoms with Gasteiger partial charge in [0, 0.05) is 18.0 Å². The molecule has 0 radical (unpaired) electrons. The Morgan fingerprint density at radius 2 is 2.15 bits per heavy atom. The third-order valence-corrected chi connectivity index (χ3v) is 3.50. The first kappa shape index (κ1) is 12.8. The van der Waals surface area contributed by atoms with E-state index in [1.54, 1.807) is 6.08 Å². The summed E-state index contributed by atoms with van der Waals surface area (Å²) >= 11 is 0. The third-order valence-electron chi connectivity index (χ3n) is 3.50. The van der Waals surface area contributed by atoms with Crippen molar-refractivity contribution in [2.75, 3.05) is 5.73 Å². The Morgan fingerprint density at radius 1 is 1.40 bits per heavy atom. The van der Waals surface area contributed by atoms with Crippen molar-refractivity contribution in [1.29, 1.82) is 0 Å². The molecule has 5 heteroatoms. The second kappa shape index (κ2) is 4.74. The summed E-state index contributed by atoms with van der Waals surface area (Å²) in [5.41, 5.74) is 6.49. The number of imidazole rings is 1. The van der Waals surface area contributed by atoms with Gasteiger partial charge in [0.2, 0.25) is 0 Å². The molecular formula is C15H15F2N3. The first-order valence-electron chi connectivity index (χ1n) is 6.54. The van der Waals surface area contributed by atoms with Gasteiger partial charge in [-0.25, -0.2) is 13.8 Å². The number of allylic oxidation sites excluding steroid dienone is 1. The molecule has 1 heterocycles. The van der Waals surface area contributed by atoms with Crippen LogP contribution < -0.4 is 5.73 Å². The maximum Gasteiger partial charge on any atom is 0.168 e. The van der Waals surface area contributed by atoms with Gasteiger partial charge in [0.1, 0.15) is 17.3 Å². The number of nitrogens with two attached hydrogens (primary N) is 1. The Hall–Kier alpha value is -2.17. The monoisotopic (exact) mass is 275 g/mol. The minimum Gasteiger partial charge on any atom is -0.383 e. The van der Waals surface area contributed by atoms with E-state index in [0.717, 1.165) is 24.7 Å². The molecule has 0 spiro atoms. The van der Waals surface area contributed by atoms with Gasteiger partial charge in [0.05, 0.1) is 0 Å². The molecule has 0 aliphatic heterocycles.